The third-order valence-electron chi connectivity index (χ3n) is 3.73. The summed E-state index contributed by atoms with van der Waals surface area (Å²) >= 11 is 5.92. The van der Waals surface area contributed by atoms with Crippen LogP contribution in [0.5, 0.6) is 0 Å². The molecule has 1 heterocycles. The predicted molar refractivity (Wildman–Crippen MR) is 98.0 cm³/mol. The highest BCUT2D eigenvalue weighted by molar-refractivity contribution is 7.89. The van der Waals surface area contributed by atoms with Crippen molar-refractivity contribution in [3.63, 3.8) is 0 Å². The molecule has 0 saturated heterocycles. The molecular weight excluding hydrogens is 362 g/mol. The maximum absolute atomic E-state index is 12.6. The molecule has 134 valence electrons. The fraction of sp³-hybridized carbons (Fsp3) is 0.294. The molecule has 8 heteroatoms. The van der Waals surface area contributed by atoms with Gasteiger partial charge in [-0.2, -0.15) is 0 Å². The van der Waals surface area contributed by atoms with Gasteiger partial charge in [-0.1, -0.05) is 29.8 Å². The van der Waals surface area contributed by atoms with Crippen LogP contribution in [0.15, 0.2) is 48.8 Å². The zero-order chi connectivity index (χ0) is 18.3. The summed E-state index contributed by atoms with van der Waals surface area (Å²) in [7, 11) is -2.02. The summed E-state index contributed by atoms with van der Waals surface area (Å²) in [6, 6.07) is 10.8. The van der Waals surface area contributed by atoms with E-state index in [4.69, 9.17) is 11.6 Å². The summed E-state index contributed by atoms with van der Waals surface area (Å²) in [6.45, 7) is 0.0408. The van der Waals surface area contributed by atoms with Crippen LogP contribution in [0, 0.1) is 0 Å². The van der Waals surface area contributed by atoms with Crippen LogP contribution in [0.25, 0.3) is 0 Å². The van der Waals surface area contributed by atoms with Crippen LogP contribution in [0.2, 0.25) is 5.02 Å². The van der Waals surface area contributed by atoms with Crippen molar-refractivity contribution in [1.29, 1.82) is 0 Å². The van der Waals surface area contributed by atoms with E-state index in [1.54, 1.807) is 36.7 Å². The van der Waals surface area contributed by atoms with E-state index < -0.39 is 15.9 Å². The summed E-state index contributed by atoms with van der Waals surface area (Å²) < 4.78 is 25.1. The highest BCUT2D eigenvalue weighted by Gasteiger charge is 2.21. The highest BCUT2D eigenvalue weighted by Crippen LogP contribution is 2.23. The van der Waals surface area contributed by atoms with Crippen molar-refractivity contribution in [3.8, 4) is 0 Å². The van der Waals surface area contributed by atoms with Crippen LogP contribution >= 0.6 is 11.6 Å². The SMILES string of the molecule is CNS(=O)(=O)CCNC(=O)C(Cc1cccnc1)c1ccc(Cl)cc1. The van der Waals surface area contributed by atoms with Crippen molar-refractivity contribution in [2.24, 2.45) is 0 Å². The van der Waals surface area contributed by atoms with E-state index in [0.717, 1.165) is 11.1 Å². The minimum absolute atomic E-state index is 0.0408. The van der Waals surface area contributed by atoms with Crippen molar-refractivity contribution in [3.05, 3.63) is 64.9 Å². The molecule has 0 radical (unpaired) electrons. The number of nitrogens with one attached hydrogen (secondary N) is 2. The quantitative estimate of drug-likeness (QED) is 0.728. The number of benzene rings is 1. The van der Waals surface area contributed by atoms with E-state index in [1.165, 1.54) is 7.05 Å². The van der Waals surface area contributed by atoms with E-state index in [-0.39, 0.29) is 18.2 Å². The zero-order valence-electron chi connectivity index (χ0n) is 13.8. The number of nitrogens with zero attached hydrogens (tertiary/aromatic N) is 1. The molecule has 1 aromatic carbocycles. The van der Waals surface area contributed by atoms with Gasteiger partial charge in [-0.05, 0) is 42.8 Å². The first kappa shape index (κ1) is 19.4. The van der Waals surface area contributed by atoms with E-state index in [1.807, 2.05) is 12.1 Å². The molecule has 1 aromatic heterocycles. The lowest BCUT2D eigenvalue weighted by atomic mass is 9.92. The topological polar surface area (TPSA) is 88.2 Å². The number of carbonyl (C=O) groups is 1. The zero-order valence-corrected chi connectivity index (χ0v) is 15.3. The number of rotatable bonds is 8. The van der Waals surface area contributed by atoms with Crippen molar-refractivity contribution >= 4 is 27.5 Å². The number of hydrogen-bond acceptors (Lipinski definition) is 4. The number of hydrogen-bond donors (Lipinski definition) is 2. The third-order valence-corrected chi connectivity index (χ3v) is 5.35. The Morgan fingerprint density at radius 3 is 2.56 bits per heavy atom. The molecular formula is C17H20ClN3O3S. The van der Waals surface area contributed by atoms with Gasteiger partial charge >= 0.3 is 0 Å². The highest BCUT2D eigenvalue weighted by atomic mass is 35.5. The number of aromatic nitrogens is 1. The summed E-state index contributed by atoms with van der Waals surface area (Å²) in [5.74, 6) is -0.869. The van der Waals surface area contributed by atoms with Gasteiger partial charge in [0.15, 0.2) is 0 Å². The van der Waals surface area contributed by atoms with Gasteiger partial charge in [0.25, 0.3) is 0 Å². The summed E-state index contributed by atoms with van der Waals surface area (Å²) in [6.07, 6.45) is 3.84. The van der Waals surface area contributed by atoms with Gasteiger partial charge in [-0.25, -0.2) is 13.1 Å². The molecule has 0 aliphatic carbocycles. The summed E-state index contributed by atoms with van der Waals surface area (Å²) in [4.78, 5) is 16.7. The van der Waals surface area contributed by atoms with Crippen LogP contribution in [0.3, 0.4) is 0 Å². The monoisotopic (exact) mass is 381 g/mol. The van der Waals surface area contributed by atoms with Gasteiger partial charge in [-0.15, -0.1) is 0 Å². The number of pyridine rings is 1. The Labute approximate surface area is 152 Å². The van der Waals surface area contributed by atoms with Gasteiger partial charge in [0.05, 0.1) is 11.7 Å². The Morgan fingerprint density at radius 1 is 1.24 bits per heavy atom. The second-order valence-electron chi connectivity index (χ2n) is 5.48. The second kappa shape index (κ2) is 8.94. The Kier molecular flexibility index (Phi) is 6.92. The second-order valence-corrected chi connectivity index (χ2v) is 7.97. The molecule has 0 aliphatic rings. The van der Waals surface area contributed by atoms with Gasteiger partial charge in [0.1, 0.15) is 0 Å². The minimum atomic E-state index is -3.36. The van der Waals surface area contributed by atoms with Gasteiger partial charge in [0.2, 0.25) is 15.9 Å². The largest absolute Gasteiger partial charge is 0.354 e. The Hall–Kier alpha value is -1.96. The molecule has 2 aromatic rings. The van der Waals surface area contributed by atoms with Crippen LogP contribution in [0.4, 0.5) is 0 Å². The number of amides is 1. The number of carbonyl (C=O) groups excluding carboxylic acids is 1. The van der Waals surface area contributed by atoms with Crippen molar-refractivity contribution in [1.82, 2.24) is 15.0 Å². The number of halogens is 1. The minimum Gasteiger partial charge on any atom is -0.354 e. The van der Waals surface area contributed by atoms with E-state index in [9.17, 15) is 13.2 Å². The molecule has 1 amide bonds. The van der Waals surface area contributed by atoms with Crippen molar-refractivity contribution in [2.45, 2.75) is 12.3 Å². The third kappa shape index (κ3) is 6.12. The lowest BCUT2D eigenvalue weighted by molar-refractivity contribution is -0.122. The molecule has 1 unspecified atom stereocenters. The molecule has 2 rings (SSSR count). The molecule has 0 spiro atoms. The lowest BCUT2D eigenvalue weighted by Crippen LogP contribution is -2.36. The molecule has 0 aliphatic heterocycles. The normalized spacial score (nSPS) is 12.6. The summed E-state index contributed by atoms with van der Waals surface area (Å²) in [5.41, 5.74) is 1.72. The first-order valence-corrected chi connectivity index (χ1v) is 9.77. The maximum Gasteiger partial charge on any atom is 0.227 e. The fourth-order valence-corrected chi connectivity index (χ4v) is 3.05. The Bertz CT molecular complexity index is 796. The van der Waals surface area contributed by atoms with Gasteiger partial charge < -0.3 is 5.32 Å². The van der Waals surface area contributed by atoms with Crippen LogP contribution < -0.4 is 10.0 Å². The first-order valence-electron chi connectivity index (χ1n) is 7.74. The van der Waals surface area contributed by atoms with Gasteiger partial charge in [-0.3, -0.25) is 9.78 Å². The molecule has 25 heavy (non-hydrogen) atoms. The average Bonchev–Trinajstić information content (AvgIpc) is 2.61. The lowest BCUT2D eigenvalue weighted by Gasteiger charge is -2.17. The average molecular weight is 382 g/mol. The van der Waals surface area contributed by atoms with E-state index >= 15 is 0 Å². The molecule has 6 nitrogen and oxygen atoms in total. The molecule has 1 atom stereocenters. The van der Waals surface area contributed by atoms with E-state index in [2.05, 4.69) is 15.0 Å². The van der Waals surface area contributed by atoms with Crippen LogP contribution in [0.1, 0.15) is 17.0 Å². The smallest absolute Gasteiger partial charge is 0.227 e. The fourth-order valence-electron chi connectivity index (χ4n) is 2.35. The molecule has 2 N–H and O–H groups in total. The molecule has 0 saturated carbocycles. The van der Waals surface area contributed by atoms with Crippen molar-refractivity contribution < 1.29 is 13.2 Å². The molecule has 0 fully saturated rings. The Morgan fingerprint density at radius 2 is 1.96 bits per heavy atom. The van der Waals surface area contributed by atoms with Crippen LogP contribution in [-0.4, -0.2) is 38.7 Å². The van der Waals surface area contributed by atoms with E-state index in [0.29, 0.717) is 11.4 Å². The maximum atomic E-state index is 12.6. The predicted octanol–water partition coefficient (Wildman–Crippen LogP) is 1.73. The Balaban J connectivity index is 2.13. The van der Waals surface area contributed by atoms with Crippen molar-refractivity contribution in [2.75, 3.05) is 19.3 Å². The molecule has 0 bridgehead atoms. The summed E-state index contributed by atoms with van der Waals surface area (Å²) in [5, 5.41) is 3.28. The van der Waals surface area contributed by atoms with Gasteiger partial charge in [0, 0.05) is 24.0 Å². The first-order chi connectivity index (χ1) is 11.9. The standard InChI is InChI=1S/C17H20ClN3O3S/c1-19-25(23,24)10-9-21-17(22)16(11-13-3-2-8-20-12-13)14-4-6-15(18)7-5-14/h2-8,12,16,19H,9-11H2,1H3,(H,21,22). The van der Waals surface area contributed by atoms with Crippen LogP contribution in [-0.2, 0) is 21.2 Å². The number of sulfonamides is 1.